The molecule has 126 valence electrons. The van der Waals surface area contributed by atoms with Crippen molar-refractivity contribution in [3.05, 3.63) is 29.8 Å². The Hall–Kier alpha value is -1.53. The van der Waals surface area contributed by atoms with Gasteiger partial charge in [-0.05, 0) is 43.6 Å². The number of nitrogens with one attached hydrogen (secondary N) is 2. The summed E-state index contributed by atoms with van der Waals surface area (Å²) in [5.41, 5.74) is 1.99. The summed E-state index contributed by atoms with van der Waals surface area (Å²) in [6, 6.07) is 7.91. The number of hydrogen-bond acceptors (Lipinski definition) is 5. The van der Waals surface area contributed by atoms with Crippen molar-refractivity contribution in [3.8, 4) is 0 Å². The van der Waals surface area contributed by atoms with Crippen molar-refractivity contribution in [2.45, 2.75) is 25.0 Å². The molecule has 23 heavy (non-hydrogen) atoms. The molecule has 1 aromatic carbocycles. The van der Waals surface area contributed by atoms with Gasteiger partial charge in [0.2, 0.25) is 5.91 Å². The average molecular weight is 336 g/mol. The molecule has 0 spiro atoms. The van der Waals surface area contributed by atoms with E-state index >= 15 is 0 Å². The van der Waals surface area contributed by atoms with Crippen LogP contribution in [0.2, 0.25) is 0 Å². The number of rotatable bonds is 7. The van der Waals surface area contributed by atoms with Gasteiger partial charge < -0.3 is 15.4 Å². The summed E-state index contributed by atoms with van der Waals surface area (Å²) in [4.78, 5) is 23.3. The van der Waals surface area contributed by atoms with Crippen LogP contribution in [0.4, 0.5) is 5.69 Å². The van der Waals surface area contributed by atoms with Crippen LogP contribution in [0.3, 0.4) is 0 Å². The van der Waals surface area contributed by atoms with Gasteiger partial charge in [0.05, 0.1) is 13.5 Å². The fourth-order valence-electron chi connectivity index (χ4n) is 2.51. The van der Waals surface area contributed by atoms with Gasteiger partial charge in [0.15, 0.2) is 0 Å². The van der Waals surface area contributed by atoms with Gasteiger partial charge in [-0.3, -0.25) is 9.59 Å². The van der Waals surface area contributed by atoms with E-state index in [2.05, 4.69) is 15.4 Å². The van der Waals surface area contributed by atoms with Crippen molar-refractivity contribution in [1.29, 1.82) is 0 Å². The summed E-state index contributed by atoms with van der Waals surface area (Å²) in [7, 11) is 1.40. The van der Waals surface area contributed by atoms with Crippen molar-refractivity contribution < 1.29 is 14.3 Å². The fourth-order valence-corrected chi connectivity index (χ4v) is 3.39. The Morgan fingerprint density at radius 1 is 1.35 bits per heavy atom. The van der Waals surface area contributed by atoms with Crippen LogP contribution in [-0.2, 0) is 20.1 Å². The van der Waals surface area contributed by atoms with E-state index in [1.165, 1.54) is 7.11 Å². The molecule has 0 radical (unpaired) electrons. The summed E-state index contributed by atoms with van der Waals surface area (Å²) in [5.74, 6) is 1.59. The minimum absolute atomic E-state index is 0.106. The van der Waals surface area contributed by atoms with Gasteiger partial charge in [0, 0.05) is 23.1 Å². The second-order valence-corrected chi connectivity index (χ2v) is 6.70. The number of hydrogen-bond donors (Lipinski definition) is 2. The maximum atomic E-state index is 12.3. The quantitative estimate of drug-likeness (QED) is 0.591. The Labute approximate surface area is 141 Å². The zero-order valence-electron chi connectivity index (χ0n) is 13.5. The van der Waals surface area contributed by atoms with Crippen LogP contribution < -0.4 is 10.6 Å². The second kappa shape index (κ2) is 9.57. The number of carbonyl (C=O) groups excluding carboxylic acids is 2. The molecule has 0 aliphatic carbocycles. The molecule has 1 aliphatic rings. The van der Waals surface area contributed by atoms with Crippen LogP contribution in [0.1, 0.15) is 24.8 Å². The van der Waals surface area contributed by atoms with Crippen LogP contribution in [0, 0.1) is 5.92 Å². The van der Waals surface area contributed by atoms with Gasteiger partial charge in [-0.2, -0.15) is 11.8 Å². The van der Waals surface area contributed by atoms with E-state index in [1.807, 2.05) is 24.3 Å². The van der Waals surface area contributed by atoms with Gasteiger partial charge >= 0.3 is 5.97 Å². The summed E-state index contributed by atoms with van der Waals surface area (Å²) in [6.45, 7) is 1.82. The summed E-state index contributed by atoms with van der Waals surface area (Å²) in [5, 5.41) is 6.29. The third kappa shape index (κ3) is 6.23. The van der Waals surface area contributed by atoms with Crippen molar-refractivity contribution in [2.75, 3.05) is 31.3 Å². The number of carbonyl (C=O) groups is 2. The Bertz CT molecular complexity index is 530. The first-order chi connectivity index (χ1) is 11.2. The fraction of sp³-hybridized carbons (Fsp3) is 0.529. The molecule has 0 unspecified atom stereocenters. The second-order valence-electron chi connectivity index (χ2n) is 5.59. The average Bonchev–Trinajstić information content (AvgIpc) is 2.59. The van der Waals surface area contributed by atoms with Crippen molar-refractivity contribution >= 4 is 29.3 Å². The number of anilines is 1. The Morgan fingerprint density at radius 3 is 2.87 bits per heavy atom. The number of esters is 1. The largest absolute Gasteiger partial charge is 0.469 e. The maximum absolute atomic E-state index is 12.3. The van der Waals surface area contributed by atoms with Gasteiger partial charge in [0.1, 0.15) is 0 Å². The lowest BCUT2D eigenvalue weighted by Crippen LogP contribution is -2.34. The van der Waals surface area contributed by atoms with Crippen molar-refractivity contribution in [3.63, 3.8) is 0 Å². The zero-order valence-corrected chi connectivity index (χ0v) is 14.3. The molecule has 1 fully saturated rings. The molecule has 2 N–H and O–H groups in total. The van der Waals surface area contributed by atoms with E-state index in [1.54, 1.807) is 11.8 Å². The van der Waals surface area contributed by atoms with Crippen LogP contribution in [-0.4, -0.2) is 37.8 Å². The summed E-state index contributed by atoms with van der Waals surface area (Å²) < 4.78 is 4.62. The Balaban J connectivity index is 1.79. The molecule has 1 aliphatic heterocycles. The molecular weight excluding hydrogens is 312 g/mol. The molecule has 0 atom stereocenters. The lowest BCUT2D eigenvalue weighted by Gasteiger charge is -2.21. The van der Waals surface area contributed by atoms with Crippen molar-refractivity contribution in [1.82, 2.24) is 5.32 Å². The zero-order chi connectivity index (χ0) is 16.5. The lowest BCUT2D eigenvalue weighted by atomic mass is 9.97. The predicted molar refractivity (Wildman–Crippen MR) is 93.5 cm³/mol. The molecule has 0 aromatic heterocycles. The van der Waals surface area contributed by atoms with Gasteiger partial charge in [-0.25, -0.2) is 0 Å². The van der Waals surface area contributed by atoms with Crippen LogP contribution in [0.25, 0.3) is 0 Å². The standard InChI is InChI=1S/C17H24N2O3S/c1-22-16(20)7-10-23-12-13-3-2-4-15(11-13)19-17(21)14-5-8-18-9-6-14/h2-4,11,14,18H,5-10,12H2,1H3,(H,19,21). The number of amides is 1. The van der Waals surface area contributed by atoms with E-state index in [9.17, 15) is 9.59 Å². The van der Waals surface area contributed by atoms with E-state index in [0.717, 1.165) is 48.7 Å². The minimum Gasteiger partial charge on any atom is -0.469 e. The SMILES string of the molecule is COC(=O)CCSCc1cccc(NC(=O)C2CCNCC2)c1. The molecule has 6 heteroatoms. The first-order valence-corrected chi connectivity index (χ1v) is 9.09. The molecule has 1 amide bonds. The predicted octanol–water partition coefficient (Wildman–Crippen LogP) is 2.42. The minimum atomic E-state index is -0.180. The topological polar surface area (TPSA) is 67.4 Å². The summed E-state index contributed by atoms with van der Waals surface area (Å²) >= 11 is 1.68. The molecule has 0 saturated carbocycles. The number of benzene rings is 1. The van der Waals surface area contributed by atoms with Gasteiger partial charge in [-0.15, -0.1) is 0 Å². The first-order valence-electron chi connectivity index (χ1n) is 7.94. The van der Waals surface area contributed by atoms with Crippen molar-refractivity contribution in [2.24, 2.45) is 5.92 Å². The highest BCUT2D eigenvalue weighted by Gasteiger charge is 2.20. The molecule has 2 rings (SSSR count). The Morgan fingerprint density at radius 2 is 2.13 bits per heavy atom. The van der Waals surface area contributed by atoms with Gasteiger partial charge in [-0.1, -0.05) is 12.1 Å². The van der Waals surface area contributed by atoms with Crippen LogP contribution >= 0.6 is 11.8 Å². The van der Waals surface area contributed by atoms with E-state index in [0.29, 0.717) is 6.42 Å². The molecular formula is C17H24N2O3S. The molecule has 1 saturated heterocycles. The molecule has 5 nitrogen and oxygen atoms in total. The van der Waals surface area contributed by atoms with Crippen LogP contribution in [0.5, 0.6) is 0 Å². The molecule has 1 aromatic rings. The highest BCUT2D eigenvalue weighted by molar-refractivity contribution is 7.98. The normalized spacial score (nSPS) is 15.2. The van der Waals surface area contributed by atoms with E-state index < -0.39 is 0 Å². The number of ether oxygens (including phenoxy) is 1. The monoisotopic (exact) mass is 336 g/mol. The number of thioether (sulfide) groups is 1. The van der Waals surface area contributed by atoms with Crippen LogP contribution in [0.15, 0.2) is 24.3 Å². The maximum Gasteiger partial charge on any atom is 0.306 e. The third-order valence-corrected chi connectivity index (χ3v) is 4.88. The smallest absolute Gasteiger partial charge is 0.306 e. The third-order valence-electron chi connectivity index (χ3n) is 3.85. The number of piperidine rings is 1. The first kappa shape index (κ1) is 17.8. The number of methoxy groups -OCH3 is 1. The highest BCUT2D eigenvalue weighted by atomic mass is 32.2. The lowest BCUT2D eigenvalue weighted by molar-refractivity contribution is -0.140. The summed E-state index contributed by atoms with van der Waals surface area (Å²) in [6.07, 6.45) is 2.22. The van der Waals surface area contributed by atoms with Gasteiger partial charge in [0.25, 0.3) is 0 Å². The molecule has 0 bridgehead atoms. The Kier molecular flexibility index (Phi) is 7.42. The molecule has 1 heterocycles. The highest BCUT2D eigenvalue weighted by Crippen LogP contribution is 2.19. The van der Waals surface area contributed by atoms with E-state index in [-0.39, 0.29) is 17.8 Å². The van der Waals surface area contributed by atoms with E-state index in [4.69, 9.17) is 0 Å².